The molecule has 0 spiro atoms. The number of allylic oxidation sites excluding steroid dienone is 1. The lowest BCUT2D eigenvalue weighted by atomic mass is 9.93. The van der Waals surface area contributed by atoms with Crippen LogP contribution in [0.15, 0.2) is 96.6 Å². The number of aliphatic hydroxyl groups is 1. The van der Waals surface area contributed by atoms with Gasteiger partial charge in [0.15, 0.2) is 0 Å². The van der Waals surface area contributed by atoms with Crippen LogP contribution in [0.1, 0.15) is 37.7 Å². The van der Waals surface area contributed by atoms with Gasteiger partial charge in [0.25, 0.3) is 0 Å². The summed E-state index contributed by atoms with van der Waals surface area (Å²) in [6.45, 7) is 0. The van der Waals surface area contributed by atoms with Gasteiger partial charge >= 0.3 is 0 Å². The van der Waals surface area contributed by atoms with E-state index in [1.165, 1.54) is 37.4 Å². The minimum atomic E-state index is -1.52. The lowest BCUT2D eigenvalue weighted by Crippen LogP contribution is -2.33. The van der Waals surface area contributed by atoms with E-state index in [4.69, 9.17) is 0 Å². The average molecular weight is 414 g/mol. The van der Waals surface area contributed by atoms with E-state index in [1.54, 1.807) is 10.6 Å². The zero-order valence-electron chi connectivity index (χ0n) is 17.5. The molecule has 2 atom stereocenters. The zero-order chi connectivity index (χ0) is 20.4. The first-order chi connectivity index (χ1) is 14.8. The van der Waals surface area contributed by atoms with Crippen LogP contribution in [0.3, 0.4) is 0 Å². The van der Waals surface area contributed by atoms with Gasteiger partial charge in [-0.3, -0.25) is 0 Å². The normalized spacial score (nSPS) is 24.7. The van der Waals surface area contributed by atoms with Gasteiger partial charge in [-0.05, 0) is 61.9 Å². The maximum Gasteiger partial charge on any atom is 0.122 e. The van der Waals surface area contributed by atoms with Crippen molar-refractivity contribution in [2.24, 2.45) is 5.92 Å². The fourth-order valence-electron chi connectivity index (χ4n) is 5.99. The largest absolute Gasteiger partial charge is 0.507 e. The monoisotopic (exact) mass is 413 g/mol. The summed E-state index contributed by atoms with van der Waals surface area (Å²) in [5, 5.41) is 14.3. The molecule has 2 unspecified atom stereocenters. The first-order valence-electron chi connectivity index (χ1n) is 11.3. The molecule has 1 nitrogen and oxygen atoms in total. The predicted octanol–water partition coefficient (Wildman–Crippen LogP) is 6.59. The smallest absolute Gasteiger partial charge is 0.122 e. The van der Waals surface area contributed by atoms with E-state index in [1.807, 2.05) is 30.3 Å². The fourth-order valence-corrected chi connectivity index (χ4v) is 11.6. The Bertz CT molecular complexity index is 971. The first-order valence-corrected chi connectivity index (χ1v) is 13.3. The second-order valence-corrected chi connectivity index (χ2v) is 12.6. The Morgan fingerprint density at radius 2 is 1.27 bits per heavy atom. The third kappa shape index (κ3) is 3.30. The SMILES string of the molecule is O/C(=C1/CCCC1C1CCC[P+]1(c1ccccc1)c1ccccc1)c1ccccc1. The third-order valence-electron chi connectivity index (χ3n) is 7.24. The van der Waals surface area contributed by atoms with Crippen LogP contribution in [-0.4, -0.2) is 16.9 Å². The molecule has 2 heteroatoms. The minimum Gasteiger partial charge on any atom is -0.507 e. The van der Waals surface area contributed by atoms with Gasteiger partial charge in [-0.2, -0.15) is 0 Å². The standard InChI is InChI=1S/C28H29OP/c29-28(22-12-4-1-5-13-22)26-19-10-18-25(26)27-20-11-21-30(27,23-14-6-2-7-15-23)24-16-8-3-9-17-24/h1-9,12-17,25,27H,10-11,18-21H2/p+1/b28-26-. The number of hydrogen-bond acceptors (Lipinski definition) is 1. The molecule has 30 heavy (non-hydrogen) atoms. The highest BCUT2D eigenvalue weighted by Crippen LogP contribution is 2.70. The van der Waals surface area contributed by atoms with Crippen LogP contribution < -0.4 is 10.6 Å². The van der Waals surface area contributed by atoms with Crippen LogP contribution in [-0.2, 0) is 0 Å². The molecule has 1 aliphatic carbocycles. The predicted molar refractivity (Wildman–Crippen MR) is 130 cm³/mol. The molecule has 1 saturated heterocycles. The van der Waals surface area contributed by atoms with Crippen LogP contribution >= 0.6 is 7.26 Å². The second-order valence-electron chi connectivity index (χ2n) is 8.71. The van der Waals surface area contributed by atoms with Crippen molar-refractivity contribution in [2.75, 3.05) is 6.16 Å². The molecule has 3 aromatic carbocycles. The highest BCUT2D eigenvalue weighted by Gasteiger charge is 2.57. The third-order valence-corrected chi connectivity index (χ3v) is 12.4. The lowest BCUT2D eigenvalue weighted by Gasteiger charge is -2.33. The number of aliphatic hydroxyl groups excluding tert-OH is 1. The first kappa shape index (κ1) is 19.6. The zero-order valence-corrected chi connectivity index (χ0v) is 18.3. The summed E-state index contributed by atoms with van der Waals surface area (Å²) in [4.78, 5) is 0. The molecule has 2 aliphatic rings. The Morgan fingerprint density at radius 1 is 0.700 bits per heavy atom. The van der Waals surface area contributed by atoms with E-state index in [2.05, 4.69) is 60.7 Å². The van der Waals surface area contributed by atoms with E-state index in [0.29, 0.717) is 17.3 Å². The van der Waals surface area contributed by atoms with Crippen LogP contribution in [0.2, 0.25) is 0 Å². The van der Waals surface area contributed by atoms with Gasteiger partial charge in [-0.15, -0.1) is 0 Å². The molecule has 1 N–H and O–H groups in total. The number of benzene rings is 3. The molecule has 0 amide bonds. The summed E-state index contributed by atoms with van der Waals surface area (Å²) in [5.41, 5.74) is 2.91. The van der Waals surface area contributed by atoms with E-state index >= 15 is 0 Å². The Labute approximate surface area is 180 Å². The Morgan fingerprint density at radius 3 is 1.87 bits per heavy atom. The highest BCUT2D eigenvalue weighted by molar-refractivity contribution is 7.90. The molecule has 1 aliphatic heterocycles. The molecule has 1 heterocycles. The van der Waals surface area contributed by atoms with Crippen LogP contribution in [0, 0.1) is 5.92 Å². The molecule has 5 rings (SSSR count). The number of hydrogen-bond donors (Lipinski definition) is 1. The maximum atomic E-state index is 11.3. The van der Waals surface area contributed by atoms with Crippen LogP contribution in [0.4, 0.5) is 0 Å². The van der Waals surface area contributed by atoms with Gasteiger partial charge in [0.05, 0.1) is 29.7 Å². The highest BCUT2D eigenvalue weighted by atomic mass is 31.2. The summed E-state index contributed by atoms with van der Waals surface area (Å²) < 4.78 is 0. The molecular formula is C28H30OP+. The molecule has 3 aromatic rings. The summed E-state index contributed by atoms with van der Waals surface area (Å²) in [6.07, 6.45) is 7.29. The van der Waals surface area contributed by atoms with E-state index < -0.39 is 7.26 Å². The molecule has 0 aromatic heterocycles. The summed E-state index contributed by atoms with van der Waals surface area (Å²) in [7, 11) is -1.52. The minimum absolute atomic E-state index is 0.487. The van der Waals surface area contributed by atoms with Gasteiger partial charge in [-0.25, -0.2) is 0 Å². The van der Waals surface area contributed by atoms with Crippen molar-refractivity contribution in [2.45, 2.75) is 37.8 Å². The fraction of sp³-hybridized carbons (Fsp3) is 0.286. The van der Waals surface area contributed by atoms with Crippen molar-refractivity contribution < 1.29 is 5.11 Å². The van der Waals surface area contributed by atoms with Gasteiger partial charge in [-0.1, -0.05) is 66.7 Å². The van der Waals surface area contributed by atoms with Crippen molar-refractivity contribution in [3.05, 3.63) is 102 Å². The van der Waals surface area contributed by atoms with Gasteiger partial charge in [0.1, 0.15) is 5.76 Å². The van der Waals surface area contributed by atoms with E-state index in [0.717, 1.165) is 12.0 Å². The number of rotatable bonds is 4. The summed E-state index contributed by atoms with van der Waals surface area (Å²) in [6, 6.07) is 32.8. The van der Waals surface area contributed by atoms with Gasteiger partial charge in [0, 0.05) is 11.5 Å². The Kier molecular flexibility index (Phi) is 5.48. The molecule has 1 saturated carbocycles. The molecular weight excluding hydrogens is 383 g/mol. The van der Waals surface area contributed by atoms with Crippen LogP contribution in [0.5, 0.6) is 0 Å². The quantitative estimate of drug-likeness (QED) is 0.378. The Hall–Kier alpha value is -2.37. The average Bonchev–Trinajstić information content (AvgIpc) is 3.48. The van der Waals surface area contributed by atoms with Crippen molar-refractivity contribution in [1.82, 2.24) is 0 Å². The molecule has 2 fully saturated rings. The maximum absolute atomic E-state index is 11.3. The lowest BCUT2D eigenvalue weighted by molar-refractivity contribution is 0.488. The molecule has 152 valence electrons. The van der Waals surface area contributed by atoms with Crippen molar-refractivity contribution in [1.29, 1.82) is 0 Å². The van der Waals surface area contributed by atoms with E-state index in [9.17, 15) is 5.11 Å². The van der Waals surface area contributed by atoms with Gasteiger partial charge < -0.3 is 5.11 Å². The topological polar surface area (TPSA) is 20.2 Å². The summed E-state index contributed by atoms with van der Waals surface area (Å²) >= 11 is 0. The van der Waals surface area contributed by atoms with Crippen molar-refractivity contribution in [3.8, 4) is 0 Å². The van der Waals surface area contributed by atoms with Crippen LogP contribution in [0.25, 0.3) is 5.76 Å². The molecule has 0 bridgehead atoms. The van der Waals surface area contributed by atoms with Gasteiger partial charge in [0.2, 0.25) is 0 Å². The van der Waals surface area contributed by atoms with Crippen molar-refractivity contribution in [3.63, 3.8) is 0 Å². The second kappa shape index (κ2) is 8.40. The van der Waals surface area contributed by atoms with E-state index in [-0.39, 0.29) is 0 Å². The Balaban J connectivity index is 1.64. The molecule has 0 radical (unpaired) electrons. The summed E-state index contributed by atoms with van der Waals surface area (Å²) in [5.74, 6) is 1.03. The van der Waals surface area contributed by atoms with Crippen molar-refractivity contribution >= 4 is 23.6 Å².